The molecule has 1 heterocycles. The van der Waals surface area contributed by atoms with Crippen molar-refractivity contribution in [3.05, 3.63) is 60.4 Å². The smallest absolute Gasteiger partial charge is 0.221 e. The zero-order valence-corrected chi connectivity index (χ0v) is 15.3. The fourth-order valence-corrected chi connectivity index (χ4v) is 2.53. The van der Waals surface area contributed by atoms with Crippen molar-refractivity contribution in [1.82, 2.24) is 9.97 Å². The number of nitrogens with one attached hydrogen (secondary N) is 3. The van der Waals surface area contributed by atoms with Gasteiger partial charge in [-0.3, -0.25) is 4.79 Å². The minimum Gasteiger partial charge on any atom is -0.393 e. The van der Waals surface area contributed by atoms with Gasteiger partial charge in [0.25, 0.3) is 0 Å². The van der Waals surface area contributed by atoms with Gasteiger partial charge in [-0.2, -0.15) is 0 Å². The second-order valence-corrected chi connectivity index (χ2v) is 6.04. The van der Waals surface area contributed by atoms with Crippen molar-refractivity contribution in [1.29, 1.82) is 0 Å². The van der Waals surface area contributed by atoms with Gasteiger partial charge in [0.2, 0.25) is 5.91 Å². The van der Waals surface area contributed by atoms with Crippen LogP contribution in [0.3, 0.4) is 0 Å². The van der Waals surface area contributed by atoms with Crippen molar-refractivity contribution < 1.29 is 4.79 Å². The average molecular weight is 362 g/mol. The highest BCUT2D eigenvalue weighted by Crippen LogP contribution is 2.28. The van der Waals surface area contributed by atoms with Crippen molar-refractivity contribution in [2.45, 2.75) is 20.3 Å². The maximum absolute atomic E-state index is 11.1. The van der Waals surface area contributed by atoms with E-state index in [1.165, 1.54) is 18.8 Å². The number of hydrogen-bond donors (Lipinski definition) is 4. The molecule has 3 rings (SSSR count). The third-order valence-electron chi connectivity index (χ3n) is 3.98. The first-order chi connectivity index (χ1) is 13.0. The Kier molecular flexibility index (Phi) is 5.51. The van der Waals surface area contributed by atoms with Crippen molar-refractivity contribution in [2.24, 2.45) is 0 Å². The Labute approximate surface area is 158 Å². The van der Waals surface area contributed by atoms with E-state index in [9.17, 15) is 4.79 Å². The second-order valence-electron chi connectivity index (χ2n) is 6.04. The molecular formula is C20H22N6O. The standard InChI is InChI=1S/C20H22N6O/c1-3-14-4-6-16(7-5-14)25-19-18(21)20(23-12-22-19)26-17-10-8-15(9-11-17)24-13(2)27/h4-12H,3,21H2,1-2H3,(H,24,27)(H2,22,23,25,26). The zero-order chi connectivity index (χ0) is 19.2. The van der Waals surface area contributed by atoms with Crippen molar-refractivity contribution >= 4 is 40.3 Å². The Hall–Kier alpha value is -3.61. The number of rotatable bonds is 6. The highest BCUT2D eigenvalue weighted by molar-refractivity contribution is 5.89. The molecule has 138 valence electrons. The minimum atomic E-state index is -0.113. The lowest BCUT2D eigenvalue weighted by Gasteiger charge is -2.13. The molecule has 0 unspecified atom stereocenters. The number of anilines is 6. The lowest BCUT2D eigenvalue weighted by Crippen LogP contribution is -2.06. The summed E-state index contributed by atoms with van der Waals surface area (Å²) in [7, 11) is 0. The molecule has 0 aliphatic heterocycles. The molecule has 3 aromatic rings. The van der Waals surface area contributed by atoms with E-state index < -0.39 is 0 Å². The molecule has 0 spiro atoms. The molecule has 0 aliphatic carbocycles. The van der Waals surface area contributed by atoms with Crippen LogP contribution in [0.25, 0.3) is 0 Å². The van der Waals surface area contributed by atoms with Gasteiger partial charge >= 0.3 is 0 Å². The van der Waals surface area contributed by atoms with Crippen LogP contribution in [0.5, 0.6) is 0 Å². The quantitative estimate of drug-likeness (QED) is 0.527. The van der Waals surface area contributed by atoms with Gasteiger partial charge in [0.1, 0.15) is 12.0 Å². The van der Waals surface area contributed by atoms with E-state index in [2.05, 4.69) is 45.0 Å². The number of aromatic nitrogens is 2. The van der Waals surface area contributed by atoms with Crippen LogP contribution in [-0.2, 0) is 11.2 Å². The predicted octanol–water partition coefficient (Wildman–Crippen LogP) is 4.07. The summed E-state index contributed by atoms with van der Waals surface area (Å²) in [6, 6.07) is 15.4. The third kappa shape index (κ3) is 4.72. The van der Waals surface area contributed by atoms with Crippen LogP contribution < -0.4 is 21.7 Å². The molecule has 1 amide bonds. The number of benzene rings is 2. The second kappa shape index (κ2) is 8.18. The van der Waals surface area contributed by atoms with Gasteiger partial charge in [0.05, 0.1) is 0 Å². The maximum atomic E-state index is 11.1. The van der Waals surface area contributed by atoms with E-state index in [0.29, 0.717) is 17.3 Å². The number of amides is 1. The fourth-order valence-electron chi connectivity index (χ4n) is 2.53. The molecule has 7 nitrogen and oxygen atoms in total. The van der Waals surface area contributed by atoms with Crippen molar-refractivity contribution in [3.8, 4) is 0 Å². The Morgan fingerprint density at radius 1 is 0.889 bits per heavy atom. The van der Waals surface area contributed by atoms with Gasteiger partial charge in [0.15, 0.2) is 11.6 Å². The van der Waals surface area contributed by atoms with E-state index in [0.717, 1.165) is 23.5 Å². The summed E-state index contributed by atoms with van der Waals surface area (Å²) in [4.78, 5) is 19.5. The lowest BCUT2D eigenvalue weighted by atomic mass is 10.1. The number of carbonyl (C=O) groups is 1. The molecule has 7 heteroatoms. The average Bonchev–Trinajstić information content (AvgIpc) is 2.67. The van der Waals surface area contributed by atoms with E-state index in [1.807, 2.05) is 24.3 Å². The number of nitrogens with zero attached hydrogens (tertiary/aromatic N) is 2. The molecule has 0 saturated carbocycles. The van der Waals surface area contributed by atoms with Crippen molar-refractivity contribution in [3.63, 3.8) is 0 Å². The number of nitrogens with two attached hydrogens (primary N) is 1. The minimum absolute atomic E-state index is 0.113. The summed E-state index contributed by atoms with van der Waals surface area (Å²) >= 11 is 0. The molecule has 0 atom stereocenters. The summed E-state index contributed by atoms with van der Waals surface area (Å²) in [6.45, 7) is 3.59. The number of nitrogen functional groups attached to an aromatic ring is 1. The number of carbonyl (C=O) groups excluding carboxylic acids is 1. The molecule has 27 heavy (non-hydrogen) atoms. The van der Waals surface area contributed by atoms with Crippen LogP contribution in [0.1, 0.15) is 19.4 Å². The van der Waals surface area contributed by atoms with Crippen LogP contribution in [0.2, 0.25) is 0 Å². The maximum Gasteiger partial charge on any atom is 0.221 e. The molecule has 0 fully saturated rings. The molecule has 0 bridgehead atoms. The Morgan fingerprint density at radius 2 is 1.37 bits per heavy atom. The van der Waals surface area contributed by atoms with Gasteiger partial charge in [0, 0.05) is 24.0 Å². The predicted molar refractivity (Wildman–Crippen MR) is 110 cm³/mol. The zero-order valence-electron chi connectivity index (χ0n) is 15.3. The first kappa shape index (κ1) is 18.2. The van der Waals surface area contributed by atoms with Crippen LogP contribution in [0.15, 0.2) is 54.9 Å². The summed E-state index contributed by atoms with van der Waals surface area (Å²) in [5, 5.41) is 9.11. The molecule has 2 aromatic carbocycles. The van der Waals surface area contributed by atoms with Crippen LogP contribution in [0.4, 0.5) is 34.4 Å². The Balaban J connectivity index is 1.75. The molecule has 0 radical (unpaired) electrons. The van der Waals surface area contributed by atoms with E-state index in [-0.39, 0.29) is 5.91 Å². The first-order valence-corrected chi connectivity index (χ1v) is 8.66. The summed E-state index contributed by atoms with van der Waals surface area (Å²) < 4.78 is 0. The van der Waals surface area contributed by atoms with Gasteiger partial charge < -0.3 is 21.7 Å². The van der Waals surface area contributed by atoms with Crippen LogP contribution in [-0.4, -0.2) is 15.9 Å². The molecule has 5 N–H and O–H groups in total. The van der Waals surface area contributed by atoms with E-state index in [1.54, 1.807) is 12.1 Å². The number of hydrogen-bond acceptors (Lipinski definition) is 6. The summed E-state index contributed by atoms with van der Waals surface area (Å²) in [6.07, 6.45) is 2.44. The van der Waals surface area contributed by atoms with Gasteiger partial charge in [-0.1, -0.05) is 19.1 Å². The lowest BCUT2D eigenvalue weighted by molar-refractivity contribution is -0.114. The van der Waals surface area contributed by atoms with Crippen LogP contribution in [0, 0.1) is 0 Å². The highest BCUT2D eigenvalue weighted by Gasteiger charge is 2.09. The van der Waals surface area contributed by atoms with Gasteiger partial charge in [-0.15, -0.1) is 0 Å². The summed E-state index contributed by atoms with van der Waals surface area (Å²) in [5.41, 5.74) is 10.3. The topological polar surface area (TPSA) is 105 Å². The molecule has 0 saturated heterocycles. The fraction of sp³-hybridized carbons (Fsp3) is 0.150. The van der Waals surface area contributed by atoms with E-state index in [4.69, 9.17) is 5.73 Å². The third-order valence-corrected chi connectivity index (χ3v) is 3.98. The molecular weight excluding hydrogens is 340 g/mol. The van der Waals surface area contributed by atoms with E-state index >= 15 is 0 Å². The van der Waals surface area contributed by atoms with Gasteiger partial charge in [-0.05, 0) is 48.4 Å². The molecule has 1 aromatic heterocycles. The van der Waals surface area contributed by atoms with Gasteiger partial charge in [-0.25, -0.2) is 9.97 Å². The monoisotopic (exact) mass is 362 g/mol. The Bertz CT molecular complexity index is 922. The first-order valence-electron chi connectivity index (χ1n) is 8.66. The normalized spacial score (nSPS) is 10.3. The van der Waals surface area contributed by atoms with Crippen molar-refractivity contribution in [2.75, 3.05) is 21.7 Å². The SMILES string of the molecule is CCc1ccc(Nc2ncnc(Nc3ccc(NC(C)=O)cc3)c2N)cc1. The Morgan fingerprint density at radius 3 is 1.85 bits per heavy atom. The van der Waals surface area contributed by atoms with Crippen LogP contribution >= 0.6 is 0 Å². The highest BCUT2D eigenvalue weighted by atomic mass is 16.1. The molecule has 0 aliphatic rings. The largest absolute Gasteiger partial charge is 0.393 e. The number of aryl methyl sites for hydroxylation is 1. The summed E-state index contributed by atoms with van der Waals surface area (Å²) in [5.74, 6) is 0.926.